The summed E-state index contributed by atoms with van der Waals surface area (Å²) in [4.78, 5) is 38.0. The van der Waals surface area contributed by atoms with Crippen molar-refractivity contribution in [2.45, 2.75) is 258 Å². The summed E-state index contributed by atoms with van der Waals surface area (Å²) in [5, 5.41) is 0. The minimum Gasteiger partial charge on any atom is -0.462 e. The van der Waals surface area contributed by atoms with Gasteiger partial charge in [0.2, 0.25) is 0 Å². The average molecular weight is 879 g/mol. The van der Waals surface area contributed by atoms with Gasteiger partial charge in [0.1, 0.15) is 13.2 Å². The second kappa shape index (κ2) is 51.5. The van der Waals surface area contributed by atoms with E-state index in [1.54, 1.807) is 0 Å². The van der Waals surface area contributed by atoms with Gasteiger partial charge in [-0.2, -0.15) is 0 Å². The van der Waals surface area contributed by atoms with Crippen molar-refractivity contribution in [3.8, 4) is 0 Å². The number of unbranched alkanes of at least 4 members (excludes halogenated alkanes) is 28. The Morgan fingerprint density at radius 3 is 1.03 bits per heavy atom. The number of carbonyl (C=O) groups excluding carboxylic acids is 3. The lowest BCUT2D eigenvalue weighted by Crippen LogP contribution is -2.30. The van der Waals surface area contributed by atoms with E-state index < -0.39 is 6.10 Å². The Labute approximate surface area is 389 Å². The molecule has 63 heavy (non-hydrogen) atoms. The van der Waals surface area contributed by atoms with Gasteiger partial charge in [-0.25, -0.2) is 0 Å². The Morgan fingerprint density at radius 2 is 0.635 bits per heavy atom. The van der Waals surface area contributed by atoms with Crippen molar-refractivity contribution in [1.29, 1.82) is 0 Å². The van der Waals surface area contributed by atoms with Crippen LogP contribution in [0, 0.1) is 0 Å². The predicted molar refractivity (Wildman–Crippen MR) is 270 cm³/mol. The Balaban J connectivity index is 4.40. The molecule has 1 atom stereocenters. The van der Waals surface area contributed by atoms with E-state index in [0.29, 0.717) is 19.3 Å². The van der Waals surface area contributed by atoms with Crippen LogP contribution in [0.3, 0.4) is 0 Å². The maximum atomic E-state index is 12.8. The molecule has 0 saturated carbocycles. The summed E-state index contributed by atoms with van der Waals surface area (Å²) in [5.41, 5.74) is 0. The number of carbonyl (C=O) groups is 3. The zero-order valence-corrected chi connectivity index (χ0v) is 41.3. The van der Waals surface area contributed by atoms with E-state index in [0.717, 1.165) is 64.2 Å². The van der Waals surface area contributed by atoms with Crippen molar-refractivity contribution in [3.05, 3.63) is 72.9 Å². The smallest absolute Gasteiger partial charge is 0.306 e. The van der Waals surface area contributed by atoms with Crippen LogP contribution in [0.25, 0.3) is 0 Å². The highest BCUT2D eigenvalue weighted by Crippen LogP contribution is 2.15. The van der Waals surface area contributed by atoms with Crippen molar-refractivity contribution in [1.82, 2.24) is 0 Å². The van der Waals surface area contributed by atoms with Crippen LogP contribution in [0.1, 0.15) is 252 Å². The molecule has 0 aliphatic heterocycles. The van der Waals surface area contributed by atoms with Crippen molar-refractivity contribution >= 4 is 17.9 Å². The highest BCUT2D eigenvalue weighted by atomic mass is 16.6. The summed E-state index contributed by atoms with van der Waals surface area (Å²) in [6, 6.07) is 0. The fourth-order valence-corrected chi connectivity index (χ4v) is 7.34. The summed E-state index contributed by atoms with van der Waals surface area (Å²) < 4.78 is 16.8. The molecule has 0 amide bonds. The van der Waals surface area contributed by atoms with Crippen LogP contribution in [-0.2, 0) is 28.6 Å². The third kappa shape index (κ3) is 49.7. The number of ether oxygens (including phenoxy) is 3. The molecule has 0 saturated heterocycles. The van der Waals surface area contributed by atoms with Crippen LogP contribution in [-0.4, -0.2) is 37.2 Å². The van der Waals surface area contributed by atoms with E-state index in [9.17, 15) is 14.4 Å². The van der Waals surface area contributed by atoms with Gasteiger partial charge in [-0.15, -0.1) is 0 Å². The first-order chi connectivity index (χ1) is 31.0. The molecule has 0 aliphatic rings. The summed E-state index contributed by atoms with van der Waals surface area (Å²) in [7, 11) is 0. The van der Waals surface area contributed by atoms with E-state index >= 15 is 0 Å². The van der Waals surface area contributed by atoms with E-state index in [-0.39, 0.29) is 37.5 Å². The zero-order valence-electron chi connectivity index (χ0n) is 41.3. The molecule has 0 rings (SSSR count). The highest BCUT2D eigenvalue weighted by molar-refractivity contribution is 5.71. The first-order valence-electron chi connectivity index (χ1n) is 26.5. The van der Waals surface area contributed by atoms with Gasteiger partial charge >= 0.3 is 17.9 Å². The van der Waals surface area contributed by atoms with Crippen LogP contribution in [0.2, 0.25) is 0 Å². The summed E-state index contributed by atoms with van der Waals surface area (Å²) in [6.07, 6.45) is 64.6. The van der Waals surface area contributed by atoms with Crippen LogP contribution < -0.4 is 0 Å². The number of hydrogen-bond acceptors (Lipinski definition) is 6. The standard InChI is InChI=1S/C57H98O6/c1-4-7-10-13-16-19-22-24-26-27-28-29-31-32-35-38-41-44-47-50-56(59)62-53-54(52-61-55(58)49-46-43-40-37-34-21-18-15-12-9-6-3)63-57(60)51-48-45-42-39-36-33-30-25-23-20-17-14-11-8-5-2/h8,11,14,17,20,23,25,27-28,30,33,36,54H,4-7,9-10,12-13,15-16,18-19,21-22,24,26,29,31-32,34-35,37-53H2,1-3H3/b11-8-,17-14-,23-20-,28-27-,30-25-,36-33-. The van der Waals surface area contributed by atoms with E-state index in [1.807, 2.05) is 48.6 Å². The van der Waals surface area contributed by atoms with E-state index in [2.05, 4.69) is 45.1 Å². The predicted octanol–water partition coefficient (Wildman–Crippen LogP) is 17.4. The van der Waals surface area contributed by atoms with Crippen molar-refractivity contribution in [2.24, 2.45) is 0 Å². The van der Waals surface area contributed by atoms with Gasteiger partial charge in [0, 0.05) is 19.3 Å². The quantitative estimate of drug-likeness (QED) is 0.0199. The fourth-order valence-electron chi connectivity index (χ4n) is 7.34. The summed E-state index contributed by atoms with van der Waals surface area (Å²) >= 11 is 0. The molecule has 1 unspecified atom stereocenters. The molecule has 0 aromatic carbocycles. The fraction of sp³-hybridized carbons (Fsp3) is 0.737. The average Bonchev–Trinajstić information content (AvgIpc) is 3.28. The summed E-state index contributed by atoms with van der Waals surface area (Å²) in [6.45, 7) is 6.46. The molecular weight excluding hydrogens is 781 g/mol. The SMILES string of the molecule is CC\C=C/C=C\C=C/C=C\C=C/CCCCCC(=O)OC(COC(=O)CCCCCCCCC/C=C\CCCCCCCCCC)COC(=O)CCCCCCCCCCCCC. The van der Waals surface area contributed by atoms with Crippen LogP contribution in [0.4, 0.5) is 0 Å². The molecule has 362 valence electrons. The lowest BCUT2D eigenvalue weighted by atomic mass is 10.1. The second-order valence-corrected chi connectivity index (χ2v) is 17.5. The Kier molecular flexibility index (Phi) is 48.9. The molecule has 0 fully saturated rings. The maximum Gasteiger partial charge on any atom is 0.306 e. The molecule has 0 aromatic heterocycles. The zero-order chi connectivity index (χ0) is 45.8. The molecule has 0 aromatic rings. The normalized spacial score (nSPS) is 12.6. The van der Waals surface area contributed by atoms with E-state index in [1.165, 1.54) is 141 Å². The number of allylic oxidation sites excluding steroid dienone is 12. The molecule has 0 radical (unpaired) electrons. The number of rotatable bonds is 47. The third-order valence-corrected chi connectivity index (χ3v) is 11.3. The molecule has 0 N–H and O–H groups in total. The molecule has 0 aliphatic carbocycles. The van der Waals surface area contributed by atoms with E-state index in [4.69, 9.17) is 14.2 Å². The number of hydrogen-bond donors (Lipinski definition) is 0. The molecule has 0 spiro atoms. The van der Waals surface area contributed by atoms with Crippen molar-refractivity contribution in [3.63, 3.8) is 0 Å². The van der Waals surface area contributed by atoms with Gasteiger partial charge in [0.15, 0.2) is 6.10 Å². The highest BCUT2D eigenvalue weighted by Gasteiger charge is 2.19. The Hall–Kier alpha value is -3.15. The largest absolute Gasteiger partial charge is 0.462 e. The number of esters is 3. The topological polar surface area (TPSA) is 78.9 Å². The Morgan fingerprint density at radius 1 is 0.333 bits per heavy atom. The Bertz CT molecular complexity index is 1190. The first-order valence-corrected chi connectivity index (χ1v) is 26.5. The first kappa shape index (κ1) is 59.9. The molecular formula is C57H98O6. The second-order valence-electron chi connectivity index (χ2n) is 17.5. The van der Waals surface area contributed by atoms with Crippen LogP contribution in [0.15, 0.2) is 72.9 Å². The van der Waals surface area contributed by atoms with Gasteiger partial charge in [-0.3, -0.25) is 14.4 Å². The van der Waals surface area contributed by atoms with Gasteiger partial charge < -0.3 is 14.2 Å². The molecule has 0 heterocycles. The summed E-state index contributed by atoms with van der Waals surface area (Å²) in [5.74, 6) is -0.936. The van der Waals surface area contributed by atoms with Gasteiger partial charge in [0.25, 0.3) is 0 Å². The lowest BCUT2D eigenvalue weighted by molar-refractivity contribution is -0.167. The minimum absolute atomic E-state index is 0.0926. The molecule has 6 nitrogen and oxygen atoms in total. The van der Waals surface area contributed by atoms with Crippen molar-refractivity contribution in [2.75, 3.05) is 13.2 Å². The van der Waals surface area contributed by atoms with Gasteiger partial charge in [0.05, 0.1) is 0 Å². The van der Waals surface area contributed by atoms with Crippen molar-refractivity contribution < 1.29 is 28.6 Å². The van der Waals surface area contributed by atoms with Crippen LogP contribution >= 0.6 is 0 Å². The van der Waals surface area contributed by atoms with Gasteiger partial charge in [-0.1, -0.05) is 241 Å². The molecule has 0 bridgehead atoms. The monoisotopic (exact) mass is 879 g/mol. The maximum absolute atomic E-state index is 12.8. The van der Waals surface area contributed by atoms with Crippen LogP contribution in [0.5, 0.6) is 0 Å². The van der Waals surface area contributed by atoms with Gasteiger partial charge in [-0.05, 0) is 64.2 Å². The minimum atomic E-state index is -0.797. The lowest BCUT2D eigenvalue weighted by Gasteiger charge is -2.18. The third-order valence-electron chi connectivity index (χ3n) is 11.3. The molecule has 6 heteroatoms.